The van der Waals surface area contributed by atoms with E-state index in [4.69, 9.17) is 0 Å². The van der Waals surface area contributed by atoms with Gasteiger partial charge in [0.15, 0.2) is 9.84 Å². The number of benzene rings is 1. The lowest BCUT2D eigenvalue weighted by Crippen LogP contribution is -2.08. The summed E-state index contributed by atoms with van der Waals surface area (Å²) in [5.74, 6) is -0.271. The van der Waals surface area contributed by atoms with Gasteiger partial charge in [-0.15, -0.1) is 0 Å². The van der Waals surface area contributed by atoms with Crippen LogP contribution in [0.2, 0.25) is 0 Å². The summed E-state index contributed by atoms with van der Waals surface area (Å²) in [4.78, 5) is 15.4. The molecule has 1 aromatic carbocycles. The van der Waals surface area contributed by atoms with Crippen molar-refractivity contribution in [2.75, 3.05) is 11.6 Å². The maximum atomic E-state index is 11.6. The second-order valence-electron chi connectivity index (χ2n) is 4.00. The van der Waals surface area contributed by atoms with Crippen LogP contribution in [0.1, 0.15) is 6.92 Å². The van der Waals surface area contributed by atoms with Crippen LogP contribution < -0.4 is 5.32 Å². The summed E-state index contributed by atoms with van der Waals surface area (Å²) in [5.41, 5.74) is 0.973. The molecule has 1 amide bonds. The number of amides is 1. The van der Waals surface area contributed by atoms with Gasteiger partial charge in [0.2, 0.25) is 5.91 Å². The van der Waals surface area contributed by atoms with Crippen molar-refractivity contribution in [2.45, 2.75) is 11.8 Å². The molecule has 1 aromatic heterocycles. The molecule has 2 aromatic rings. The fourth-order valence-corrected chi connectivity index (χ4v) is 2.34. The fraction of sp³-hybridized carbons (Fsp3) is 0.167. The molecule has 0 atom stereocenters. The highest BCUT2D eigenvalue weighted by Gasteiger charge is 2.12. The normalized spacial score (nSPS) is 11.4. The average Bonchev–Trinajstić information content (AvgIpc) is 2.27. The highest BCUT2D eigenvalue weighted by atomic mass is 32.2. The molecule has 94 valence electrons. The van der Waals surface area contributed by atoms with E-state index in [0.717, 1.165) is 6.26 Å². The number of aromatic nitrogens is 1. The largest absolute Gasteiger partial charge is 0.324 e. The third-order valence-electron chi connectivity index (χ3n) is 2.42. The van der Waals surface area contributed by atoms with E-state index in [1.165, 1.54) is 13.0 Å². The van der Waals surface area contributed by atoms with Crippen LogP contribution >= 0.6 is 0 Å². The van der Waals surface area contributed by atoms with E-state index in [-0.39, 0.29) is 10.8 Å². The van der Waals surface area contributed by atoms with Gasteiger partial charge in [0.05, 0.1) is 16.1 Å². The Labute approximate surface area is 105 Å². The highest BCUT2D eigenvalue weighted by molar-refractivity contribution is 7.90. The van der Waals surface area contributed by atoms with E-state index in [1.807, 2.05) is 0 Å². The van der Waals surface area contributed by atoms with Crippen LogP contribution in [0.5, 0.6) is 0 Å². The predicted octanol–water partition coefficient (Wildman–Crippen LogP) is 1.60. The zero-order chi connectivity index (χ0) is 13.3. The van der Waals surface area contributed by atoms with Crippen LogP contribution in [0.15, 0.2) is 35.4 Å². The van der Waals surface area contributed by atoms with Crippen LogP contribution in [0.4, 0.5) is 5.69 Å². The summed E-state index contributed by atoms with van der Waals surface area (Å²) in [6.07, 6.45) is 2.72. The van der Waals surface area contributed by atoms with Gasteiger partial charge in [-0.2, -0.15) is 0 Å². The maximum absolute atomic E-state index is 11.6. The van der Waals surface area contributed by atoms with E-state index in [1.54, 1.807) is 24.4 Å². The standard InChI is InChI=1S/C12H12N2O3S/c1-8(15)14-11-7-10(18(2,16)17)6-9-4-3-5-13-12(9)11/h3-7H,1-2H3,(H,14,15). The van der Waals surface area contributed by atoms with Crippen molar-refractivity contribution in [2.24, 2.45) is 0 Å². The zero-order valence-corrected chi connectivity index (χ0v) is 10.8. The Bertz CT molecular complexity index is 723. The van der Waals surface area contributed by atoms with Gasteiger partial charge in [0.1, 0.15) is 0 Å². The number of sulfone groups is 1. The first-order chi connectivity index (χ1) is 8.38. The molecule has 0 aliphatic carbocycles. The molecule has 0 unspecified atom stereocenters. The second kappa shape index (κ2) is 4.38. The summed E-state index contributed by atoms with van der Waals surface area (Å²) in [5, 5.41) is 3.26. The first-order valence-corrected chi connectivity index (χ1v) is 7.13. The van der Waals surface area contributed by atoms with Crippen LogP contribution in [0.25, 0.3) is 10.9 Å². The lowest BCUT2D eigenvalue weighted by atomic mass is 10.2. The number of carbonyl (C=O) groups excluding carboxylic acids is 1. The molecule has 0 saturated carbocycles. The van der Waals surface area contributed by atoms with Crippen molar-refractivity contribution >= 4 is 32.3 Å². The quantitative estimate of drug-likeness (QED) is 0.893. The first kappa shape index (κ1) is 12.5. The van der Waals surface area contributed by atoms with Gasteiger partial charge in [-0.3, -0.25) is 9.78 Å². The Morgan fingerprint density at radius 3 is 2.67 bits per heavy atom. The molecule has 2 rings (SSSR count). The monoisotopic (exact) mass is 264 g/mol. The third-order valence-corrected chi connectivity index (χ3v) is 3.51. The minimum absolute atomic E-state index is 0.159. The molecule has 1 N–H and O–H groups in total. The van der Waals surface area contributed by atoms with Crippen LogP contribution in [-0.4, -0.2) is 25.6 Å². The van der Waals surface area contributed by atoms with Crippen LogP contribution in [0, 0.1) is 0 Å². The Morgan fingerprint density at radius 2 is 2.06 bits per heavy atom. The lowest BCUT2D eigenvalue weighted by molar-refractivity contribution is -0.114. The average molecular weight is 264 g/mol. The van der Waals surface area contributed by atoms with Gasteiger partial charge >= 0.3 is 0 Å². The summed E-state index contributed by atoms with van der Waals surface area (Å²) < 4.78 is 23.2. The maximum Gasteiger partial charge on any atom is 0.221 e. The molecule has 5 nitrogen and oxygen atoms in total. The first-order valence-electron chi connectivity index (χ1n) is 5.24. The molecule has 6 heteroatoms. The molecule has 18 heavy (non-hydrogen) atoms. The summed E-state index contributed by atoms with van der Waals surface area (Å²) in [7, 11) is -3.33. The number of fused-ring (bicyclic) bond motifs is 1. The van der Waals surface area contributed by atoms with Gasteiger partial charge in [-0.05, 0) is 18.2 Å². The number of nitrogens with zero attached hydrogens (tertiary/aromatic N) is 1. The number of hydrogen-bond acceptors (Lipinski definition) is 4. The number of rotatable bonds is 2. The number of pyridine rings is 1. The second-order valence-corrected chi connectivity index (χ2v) is 6.02. The predicted molar refractivity (Wildman–Crippen MR) is 69.2 cm³/mol. The van der Waals surface area contributed by atoms with Crippen LogP contribution in [0.3, 0.4) is 0 Å². The zero-order valence-electron chi connectivity index (χ0n) is 9.97. The van der Waals surface area contributed by atoms with Crippen molar-refractivity contribution in [3.63, 3.8) is 0 Å². The summed E-state index contributed by atoms with van der Waals surface area (Å²) in [6, 6.07) is 6.43. The minimum atomic E-state index is -3.33. The smallest absolute Gasteiger partial charge is 0.221 e. The number of hydrogen-bond donors (Lipinski definition) is 1. The third kappa shape index (κ3) is 2.48. The fourth-order valence-electron chi connectivity index (χ4n) is 1.66. The van der Waals surface area contributed by atoms with Crippen molar-refractivity contribution < 1.29 is 13.2 Å². The number of nitrogens with one attached hydrogen (secondary N) is 1. The van der Waals surface area contributed by atoms with E-state index in [2.05, 4.69) is 10.3 Å². The topological polar surface area (TPSA) is 76.1 Å². The lowest BCUT2D eigenvalue weighted by Gasteiger charge is -2.08. The van der Waals surface area contributed by atoms with E-state index < -0.39 is 9.84 Å². The van der Waals surface area contributed by atoms with E-state index in [0.29, 0.717) is 16.6 Å². The number of anilines is 1. The van der Waals surface area contributed by atoms with Gasteiger partial charge in [-0.25, -0.2) is 8.42 Å². The van der Waals surface area contributed by atoms with Crippen molar-refractivity contribution in [3.8, 4) is 0 Å². The molecule has 0 saturated heterocycles. The van der Waals surface area contributed by atoms with Gasteiger partial charge in [-0.1, -0.05) is 6.07 Å². The van der Waals surface area contributed by atoms with Crippen molar-refractivity contribution in [1.29, 1.82) is 0 Å². The molecule has 0 aliphatic heterocycles. The highest BCUT2D eigenvalue weighted by Crippen LogP contribution is 2.25. The molecule has 1 heterocycles. The Hall–Kier alpha value is -1.95. The molecule has 0 bridgehead atoms. The Morgan fingerprint density at radius 1 is 1.33 bits per heavy atom. The minimum Gasteiger partial charge on any atom is -0.324 e. The molecule has 0 spiro atoms. The number of carbonyl (C=O) groups is 1. The SMILES string of the molecule is CC(=O)Nc1cc(S(C)(=O)=O)cc2cccnc12. The Balaban J connectivity index is 2.76. The van der Waals surface area contributed by atoms with Gasteiger partial charge < -0.3 is 5.32 Å². The molecule has 0 fully saturated rings. The van der Waals surface area contributed by atoms with Gasteiger partial charge in [0, 0.05) is 24.8 Å². The van der Waals surface area contributed by atoms with Crippen LogP contribution in [-0.2, 0) is 14.6 Å². The molecule has 0 aliphatic rings. The van der Waals surface area contributed by atoms with E-state index >= 15 is 0 Å². The molecular weight excluding hydrogens is 252 g/mol. The molecular formula is C12H12N2O3S. The summed E-state index contributed by atoms with van der Waals surface area (Å²) >= 11 is 0. The van der Waals surface area contributed by atoms with Crippen molar-refractivity contribution in [1.82, 2.24) is 4.98 Å². The van der Waals surface area contributed by atoms with E-state index in [9.17, 15) is 13.2 Å². The Kier molecular flexibility index (Phi) is 3.04. The summed E-state index contributed by atoms with van der Waals surface area (Å²) in [6.45, 7) is 1.36. The van der Waals surface area contributed by atoms with Crippen molar-refractivity contribution in [3.05, 3.63) is 30.5 Å². The van der Waals surface area contributed by atoms with Gasteiger partial charge in [0.25, 0.3) is 0 Å². The molecule has 0 radical (unpaired) electrons.